The van der Waals surface area contributed by atoms with Crippen molar-refractivity contribution >= 4 is 37.2 Å². The number of carbonyl (C=O) groups excluding carboxylic acids is 1. The van der Waals surface area contributed by atoms with Gasteiger partial charge in [0.2, 0.25) is 10.0 Å². The molecule has 2 aliphatic rings. The van der Waals surface area contributed by atoms with E-state index >= 15 is 0 Å². The quantitative estimate of drug-likeness (QED) is 0.573. The molecule has 34 heavy (non-hydrogen) atoms. The van der Waals surface area contributed by atoms with Crippen LogP contribution in [0.3, 0.4) is 0 Å². The number of benzene rings is 2. The van der Waals surface area contributed by atoms with Crippen LogP contribution < -0.4 is 9.62 Å². The van der Waals surface area contributed by atoms with Crippen LogP contribution in [0.15, 0.2) is 52.3 Å². The van der Waals surface area contributed by atoms with E-state index in [2.05, 4.69) is 9.62 Å². The number of hydrogen-bond donors (Lipinski definition) is 1. The van der Waals surface area contributed by atoms with Gasteiger partial charge in [-0.1, -0.05) is 18.6 Å². The minimum Gasteiger partial charge on any atom is -0.370 e. The maximum atomic E-state index is 13.3. The number of Topliss-reactive ketones (excluding diaryl/α,β-unsaturated/α-hetero) is 1. The second kappa shape index (κ2) is 10.1. The minimum atomic E-state index is -4.00. The van der Waals surface area contributed by atoms with Gasteiger partial charge in [0.25, 0.3) is 10.0 Å². The molecular formula is C24H31N3O5S2. The number of hydrogen-bond acceptors (Lipinski definition) is 6. The first kappa shape index (κ1) is 24.7. The molecule has 0 radical (unpaired) electrons. The number of sulfonamides is 2. The molecule has 2 fully saturated rings. The van der Waals surface area contributed by atoms with Crippen LogP contribution in [0.1, 0.15) is 55.8 Å². The molecule has 2 aromatic rings. The Kier molecular flexibility index (Phi) is 7.30. The summed E-state index contributed by atoms with van der Waals surface area (Å²) in [7, 11) is -7.73. The zero-order valence-electron chi connectivity index (χ0n) is 19.4. The molecule has 8 nitrogen and oxygen atoms in total. The lowest BCUT2D eigenvalue weighted by Gasteiger charge is -2.31. The lowest BCUT2D eigenvalue weighted by molar-refractivity contribution is 0.101. The van der Waals surface area contributed by atoms with Gasteiger partial charge < -0.3 is 4.90 Å². The zero-order chi connectivity index (χ0) is 24.3. The molecule has 0 aromatic heterocycles. The number of nitrogens with zero attached hydrogens (tertiary/aromatic N) is 2. The lowest BCUT2D eigenvalue weighted by atomic mass is 10.1. The van der Waals surface area contributed by atoms with Crippen molar-refractivity contribution in [1.29, 1.82) is 0 Å². The molecule has 0 aliphatic carbocycles. The SMILES string of the molecule is CC(=O)c1ccc(S(=O)(=O)Nc2cc(S(=O)(=O)N3CCCCC3)ccc2N2CCCCC2)cc1. The van der Waals surface area contributed by atoms with Crippen molar-refractivity contribution < 1.29 is 21.6 Å². The normalized spacial score (nSPS) is 18.0. The van der Waals surface area contributed by atoms with Crippen molar-refractivity contribution in [3.05, 3.63) is 48.0 Å². The Balaban J connectivity index is 1.71. The number of rotatable bonds is 7. The van der Waals surface area contributed by atoms with Crippen molar-refractivity contribution in [1.82, 2.24) is 4.31 Å². The number of anilines is 2. The molecule has 0 spiro atoms. The van der Waals surface area contributed by atoms with Crippen LogP contribution in [0.25, 0.3) is 0 Å². The summed E-state index contributed by atoms with van der Waals surface area (Å²) >= 11 is 0. The summed E-state index contributed by atoms with van der Waals surface area (Å²) in [6.07, 6.45) is 5.75. The van der Waals surface area contributed by atoms with Gasteiger partial charge >= 0.3 is 0 Å². The first-order valence-corrected chi connectivity index (χ1v) is 14.6. The van der Waals surface area contributed by atoms with E-state index in [4.69, 9.17) is 0 Å². The minimum absolute atomic E-state index is 0.00591. The smallest absolute Gasteiger partial charge is 0.261 e. The summed E-state index contributed by atoms with van der Waals surface area (Å²) in [5.41, 5.74) is 1.33. The highest BCUT2D eigenvalue weighted by Crippen LogP contribution is 2.34. The first-order chi connectivity index (χ1) is 16.2. The van der Waals surface area contributed by atoms with Crippen LogP contribution in [0.2, 0.25) is 0 Å². The van der Waals surface area contributed by atoms with Gasteiger partial charge in [0.05, 0.1) is 21.2 Å². The second-order valence-corrected chi connectivity index (χ2v) is 12.5. The van der Waals surface area contributed by atoms with Crippen molar-refractivity contribution in [3.8, 4) is 0 Å². The van der Waals surface area contributed by atoms with Crippen molar-refractivity contribution in [2.75, 3.05) is 35.8 Å². The summed E-state index contributed by atoms with van der Waals surface area (Å²) in [6.45, 7) is 3.92. The van der Waals surface area contributed by atoms with Gasteiger partial charge in [-0.05, 0) is 69.4 Å². The average Bonchev–Trinajstić information content (AvgIpc) is 2.85. The van der Waals surface area contributed by atoms with Crippen molar-refractivity contribution in [2.45, 2.75) is 55.2 Å². The summed E-state index contributed by atoms with van der Waals surface area (Å²) in [5.74, 6) is -0.153. The fourth-order valence-electron chi connectivity index (χ4n) is 4.49. The van der Waals surface area contributed by atoms with Gasteiger partial charge in [0.15, 0.2) is 5.78 Å². The molecule has 0 saturated carbocycles. The van der Waals surface area contributed by atoms with Gasteiger partial charge in [-0.15, -0.1) is 0 Å². The lowest BCUT2D eigenvalue weighted by Crippen LogP contribution is -2.35. The molecule has 10 heteroatoms. The summed E-state index contributed by atoms with van der Waals surface area (Å²) in [6, 6.07) is 10.4. The largest absolute Gasteiger partial charge is 0.370 e. The summed E-state index contributed by atoms with van der Waals surface area (Å²) < 4.78 is 57.1. The number of nitrogens with one attached hydrogen (secondary N) is 1. The maximum absolute atomic E-state index is 13.3. The van der Waals surface area contributed by atoms with E-state index in [1.807, 2.05) is 0 Å². The van der Waals surface area contributed by atoms with E-state index in [1.165, 1.54) is 41.6 Å². The summed E-state index contributed by atoms with van der Waals surface area (Å²) in [4.78, 5) is 13.7. The van der Waals surface area contributed by atoms with Crippen molar-refractivity contribution in [2.24, 2.45) is 0 Å². The predicted octanol–water partition coefficient (Wildman–Crippen LogP) is 3.85. The third-order valence-electron chi connectivity index (χ3n) is 6.43. The Morgan fingerprint density at radius 2 is 1.32 bits per heavy atom. The third-order valence-corrected chi connectivity index (χ3v) is 9.71. The van der Waals surface area contributed by atoms with Gasteiger partial charge in [0, 0.05) is 31.7 Å². The Labute approximate surface area is 202 Å². The van der Waals surface area contributed by atoms with E-state index < -0.39 is 20.0 Å². The fourth-order valence-corrected chi connectivity index (χ4v) is 7.10. The van der Waals surface area contributed by atoms with E-state index in [-0.39, 0.29) is 21.3 Å². The first-order valence-electron chi connectivity index (χ1n) is 11.7. The van der Waals surface area contributed by atoms with Crippen LogP contribution in [-0.2, 0) is 20.0 Å². The van der Waals surface area contributed by atoms with Crippen LogP contribution in [0, 0.1) is 0 Å². The molecule has 0 atom stereocenters. The van der Waals surface area contributed by atoms with E-state index in [1.54, 1.807) is 12.1 Å². The molecule has 2 saturated heterocycles. The molecule has 2 aromatic carbocycles. The van der Waals surface area contributed by atoms with E-state index in [0.717, 1.165) is 51.6 Å². The van der Waals surface area contributed by atoms with Crippen molar-refractivity contribution in [3.63, 3.8) is 0 Å². The van der Waals surface area contributed by atoms with Gasteiger partial charge in [-0.25, -0.2) is 16.8 Å². The van der Waals surface area contributed by atoms with Gasteiger partial charge in [-0.2, -0.15) is 4.31 Å². The molecule has 0 amide bonds. The van der Waals surface area contributed by atoms with Crippen LogP contribution in [0.5, 0.6) is 0 Å². The highest BCUT2D eigenvalue weighted by atomic mass is 32.2. The second-order valence-electron chi connectivity index (χ2n) is 8.88. The average molecular weight is 506 g/mol. The zero-order valence-corrected chi connectivity index (χ0v) is 21.0. The molecule has 0 unspecified atom stereocenters. The molecule has 2 heterocycles. The molecule has 2 aliphatic heterocycles. The van der Waals surface area contributed by atoms with Gasteiger partial charge in [0.1, 0.15) is 0 Å². The maximum Gasteiger partial charge on any atom is 0.261 e. The number of piperidine rings is 2. The highest BCUT2D eigenvalue weighted by molar-refractivity contribution is 7.92. The number of ketones is 1. The molecular weight excluding hydrogens is 474 g/mol. The standard InChI is InChI=1S/C24H31N3O5S2/c1-19(28)20-8-10-21(11-9-20)33(29,30)25-23-18-22(34(31,32)27-16-6-3-7-17-27)12-13-24(23)26-14-4-2-5-15-26/h8-13,18,25H,2-7,14-17H2,1H3. The Hall–Kier alpha value is -2.43. The molecule has 0 bridgehead atoms. The van der Waals surface area contributed by atoms with E-state index in [9.17, 15) is 21.6 Å². The van der Waals surface area contributed by atoms with Crippen LogP contribution in [-0.4, -0.2) is 53.1 Å². The number of carbonyl (C=O) groups is 1. The van der Waals surface area contributed by atoms with Crippen LogP contribution >= 0.6 is 0 Å². The van der Waals surface area contributed by atoms with Crippen LogP contribution in [0.4, 0.5) is 11.4 Å². The molecule has 1 N–H and O–H groups in total. The monoisotopic (exact) mass is 505 g/mol. The summed E-state index contributed by atoms with van der Waals surface area (Å²) in [5, 5.41) is 0. The Morgan fingerprint density at radius 1 is 0.765 bits per heavy atom. The Bertz CT molecular complexity index is 1250. The van der Waals surface area contributed by atoms with E-state index in [0.29, 0.717) is 24.3 Å². The fraction of sp³-hybridized carbons (Fsp3) is 0.458. The molecule has 4 rings (SSSR count). The third kappa shape index (κ3) is 5.29. The van der Waals surface area contributed by atoms with Gasteiger partial charge in [-0.3, -0.25) is 9.52 Å². The topological polar surface area (TPSA) is 104 Å². The highest BCUT2D eigenvalue weighted by Gasteiger charge is 2.28. The predicted molar refractivity (Wildman–Crippen MR) is 132 cm³/mol. The Morgan fingerprint density at radius 3 is 1.91 bits per heavy atom. The molecule has 184 valence electrons.